The summed E-state index contributed by atoms with van der Waals surface area (Å²) >= 11 is 1.61. The summed E-state index contributed by atoms with van der Waals surface area (Å²) in [6.07, 6.45) is 7.03. The molecule has 0 amide bonds. The number of rotatable bonds is 6. The highest BCUT2D eigenvalue weighted by Gasteiger charge is 2.25. The quantitative estimate of drug-likeness (QED) is 0.502. The van der Waals surface area contributed by atoms with Gasteiger partial charge in [-0.25, -0.2) is 9.37 Å². The van der Waals surface area contributed by atoms with Crippen molar-refractivity contribution in [3.63, 3.8) is 0 Å². The zero-order valence-corrected chi connectivity index (χ0v) is 17.9. The van der Waals surface area contributed by atoms with Gasteiger partial charge in [-0.3, -0.25) is 14.3 Å². The highest BCUT2D eigenvalue weighted by molar-refractivity contribution is 7.18. The average Bonchev–Trinajstić information content (AvgIpc) is 3.16. The molecule has 0 saturated heterocycles. The molecule has 31 heavy (non-hydrogen) atoms. The molecule has 0 spiro atoms. The molecular weight excluding hydrogens is 411 g/mol. The van der Waals surface area contributed by atoms with Gasteiger partial charge in [-0.1, -0.05) is 24.3 Å². The van der Waals surface area contributed by atoms with Gasteiger partial charge in [0, 0.05) is 41.3 Å². The molecule has 1 aliphatic rings. The Morgan fingerprint density at radius 2 is 2.03 bits per heavy atom. The number of aryl methyl sites for hydroxylation is 1. The molecule has 1 aromatic carbocycles. The Hall–Kier alpha value is -2.90. The van der Waals surface area contributed by atoms with Gasteiger partial charge < -0.3 is 5.32 Å². The molecule has 158 valence electrons. The van der Waals surface area contributed by atoms with Crippen LogP contribution in [0.1, 0.15) is 28.1 Å². The van der Waals surface area contributed by atoms with E-state index >= 15 is 0 Å². The van der Waals surface area contributed by atoms with E-state index in [0.717, 1.165) is 48.3 Å². The second-order valence-corrected chi connectivity index (χ2v) is 9.00. The van der Waals surface area contributed by atoms with Crippen LogP contribution in [0.2, 0.25) is 0 Å². The third-order valence-electron chi connectivity index (χ3n) is 5.87. The fraction of sp³-hybridized carbons (Fsp3) is 0.292. The molecule has 0 fully saturated rings. The van der Waals surface area contributed by atoms with Crippen molar-refractivity contribution < 1.29 is 4.39 Å². The molecular formula is C24H23FN4OS. The highest BCUT2D eigenvalue weighted by Crippen LogP contribution is 2.33. The van der Waals surface area contributed by atoms with Gasteiger partial charge >= 0.3 is 0 Å². The molecule has 4 aromatic rings. The number of hydrogen-bond donors (Lipinski definition) is 1. The molecule has 0 radical (unpaired) electrons. The summed E-state index contributed by atoms with van der Waals surface area (Å²) in [7, 11) is 0. The Balaban J connectivity index is 1.33. The lowest BCUT2D eigenvalue weighted by atomic mass is 9.93. The number of halogens is 1. The van der Waals surface area contributed by atoms with Crippen LogP contribution in [0.4, 0.5) is 4.39 Å². The van der Waals surface area contributed by atoms with Crippen molar-refractivity contribution in [1.82, 2.24) is 19.9 Å². The van der Waals surface area contributed by atoms with Crippen LogP contribution in [0.3, 0.4) is 0 Å². The molecule has 7 heteroatoms. The minimum absolute atomic E-state index is 0.0766. The predicted molar refractivity (Wildman–Crippen MR) is 121 cm³/mol. The molecule has 1 atom stereocenters. The van der Waals surface area contributed by atoms with Gasteiger partial charge in [-0.05, 0) is 43.0 Å². The van der Waals surface area contributed by atoms with Gasteiger partial charge in [-0.15, -0.1) is 11.3 Å². The van der Waals surface area contributed by atoms with E-state index in [1.54, 1.807) is 35.9 Å². The summed E-state index contributed by atoms with van der Waals surface area (Å²) in [5, 5.41) is 4.36. The van der Waals surface area contributed by atoms with Crippen molar-refractivity contribution in [3.05, 3.63) is 92.9 Å². The van der Waals surface area contributed by atoms with E-state index in [4.69, 9.17) is 0 Å². The molecule has 5 nitrogen and oxygen atoms in total. The number of hydrogen-bond acceptors (Lipinski definition) is 5. The lowest BCUT2D eigenvalue weighted by Gasteiger charge is -2.23. The normalized spacial score (nSPS) is 15.8. The Morgan fingerprint density at radius 3 is 2.87 bits per heavy atom. The van der Waals surface area contributed by atoms with Crippen LogP contribution in [0.5, 0.6) is 0 Å². The molecule has 1 N–H and O–H groups in total. The SMILES string of the molecule is O=c1c2c3c(sc2ncn1Cc1ccccc1F)C[C@H](NCCc1ccccn1)CC3. The maximum atomic E-state index is 14.0. The molecule has 5 rings (SSSR count). The van der Waals surface area contributed by atoms with Crippen molar-refractivity contribution in [2.75, 3.05) is 6.54 Å². The van der Waals surface area contributed by atoms with E-state index in [0.29, 0.717) is 17.0 Å². The van der Waals surface area contributed by atoms with E-state index in [1.165, 1.54) is 15.5 Å². The Kier molecular flexibility index (Phi) is 5.61. The maximum Gasteiger partial charge on any atom is 0.262 e. The molecule has 0 unspecified atom stereocenters. The van der Waals surface area contributed by atoms with Crippen LogP contribution >= 0.6 is 11.3 Å². The molecule has 3 aromatic heterocycles. The number of nitrogens with zero attached hydrogens (tertiary/aromatic N) is 3. The number of fused-ring (bicyclic) bond motifs is 3. The summed E-state index contributed by atoms with van der Waals surface area (Å²) in [5.74, 6) is -0.304. The monoisotopic (exact) mass is 434 g/mol. The number of aromatic nitrogens is 3. The Labute approximate surface area is 183 Å². The van der Waals surface area contributed by atoms with Crippen LogP contribution < -0.4 is 10.9 Å². The first-order valence-corrected chi connectivity index (χ1v) is 11.4. The number of benzene rings is 1. The van der Waals surface area contributed by atoms with Crippen LogP contribution in [0.15, 0.2) is 59.8 Å². The summed E-state index contributed by atoms with van der Waals surface area (Å²) in [5.41, 5.74) is 2.63. The second kappa shape index (κ2) is 8.69. The lowest BCUT2D eigenvalue weighted by Crippen LogP contribution is -2.35. The molecule has 3 heterocycles. The largest absolute Gasteiger partial charge is 0.313 e. The van der Waals surface area contributed by atoms with Crippen LogP contribution in [0.25, 0.3) is 10.2 Å². The van der Waals surface area contributed by atoms with Crippen LogP contribution in [-0.4, -0.2) is 27.1 Å². The van der Waals surface area contributed by atoms with Gasteiger partial charge in [0.25, 0.3) is 5.56 Å². The smallest absolute Gasteiger partial charge is 0.262 e. The van der Waals surface area contributed by atoms with Gasteiger partial charge in [-0.2, -0.15) is 0 Å². The van der Waals surface area contributed by atoms with Crippen molar-refractivity contribution in [1.29, 1.82) is 0 Å². The summed E-state index contributed by atoms with van der Waals surface area (Å²) in [6.45, 7) is 1.08. The van der Waals surface area contributed by atoms with Gasteiger partial charge in [0.15, 0.2) is 0 Å². The highest BCUT2D eigenvalue weighted by atomic mass is 32.1. The van der Waals surface area contributed by atoms with Crippen LogP contribution in [0, 0.1) is 5.82 Å². The standard InChI is InChI=1S/C24H23FN4OS/c25-20-7-2-1-5-16(20)14-29-15-28-23-22(24(29)30)19-9-8-18(13-21(19)31-23)27-12-10-17-6-3-4-11-26-17/h1-7,11,15,18,27H,8-10,12-14H2/t18-/m1/s1. The Morgan fingerprint density at radius 1 is 1.16 bits per heavy atom. The van der Waals surface area contributed by atoms with E-state index in [9.17, 15) is 9.18 Å². The van der Waals surface area contributed by atoms with E-state index in [-0.39, 0.29) is 17.9 Å². The number of thiophene rings is 1. The minimum atomic E-state index is -0.304. The average molecular weight is 435 g/mol. The van der Waals surface area contributed by atoms with Gasteiger partial charge in [0.1, 0.15) is 10.6 Å². The summed E-state index contributed by atoms with van der Waals surface area (Å²) < 4.78 is 15.6. The van der Waals surface area contributed by atoms with E-state index < -0.39 is 0 Å². The summed E-state index contributed by atoms with van der Waals surface area (Å²) in [6, 6.07) is 12.9. The summed E-state index contributed by atoms with van der Waals surface area (Å²) in [4.78, 5) is 24.1. The first-order chi connectivity index (χ1) is 15.2. The number of pyridine rings is 1. The van der Waals surface area contributed by atoms with Crippen molar-refractivity contribution in [2.45, 2.75) is 38.3 Å². The third-order valence-corrected chi connectivity index (χ3v) is 7.04. The van der Waals surface area contributed by atoms with Crippen molar-refractivity contribution in [2.24, 2.45) is 0 Å². The molecule has 1 aliphatic carbocycles. The number of nitrogens with one attached hydrogen (secondary N) is 1. The zero-order valence-electron chi connectivity index (χ0n) is 17.1. The first kappa shape index (κ1) is 20.0. The lowest BCUT2D eigenvalue weighted by molar-refractivity contribution is 0.465. The fourth-order valence-electron chi connectivity index (χ4n) is 4.25. The van der Waals surface area contributed by atoms with E-state index in [1.807, 2.05) is 24.4 Å². The molecule has 0 bridgehead atoms. The first-order valence-electron chi connectivity index (χ1n) is 10.6. The minimum Gasteiger partial charge on any atom is -0.313 e. The van der Waals surface area contributed by atoms with Crippen LogP contribution in [-0.2, 0) is 25.8 Å². The topological polar surface area (TPSA) is 59.8 Å². The predicted octanol–water partition coefficient (Wildman–Crippen LogP) is 3.73. The Bertz CT molecular complexity index is 1270. The van der Waals surface area contributed by atoms with Gasteiger partial charge in [0.05, 0.1) is 18.3 Å². The molecule has 0 aliphatic heterocycles. The van der Waals surface area contributed by atoms with Gasteiger partial charge in [0.2, 0.25) is 0 Å². The third kappa shape index (κ3) is 4.16. The second-order valence-electron chi connectivity index (χ2n) is 7.92. The fourth-order valence-corrected chi connectivity index (χ4v) is 5.51. The van der Waals surface area contributed by atoms with Crippen molar-refractivity contribution in [3.8, 4) is 0 Å². The molecule has 0 saturated carbocycles. The maximum absolute atomic E-state index is 14.0. The van der Waals surface area contributed by atoms with Crippen molar-refractivity contribution >= 4 is 21.6 Å². The van der Waals surface area contributed by atoms with E-state index in [2.05, 4.69) is 15.3 Å². The zero-order chi connectivity index (χ0) is 21.2.